The highest BCUT2D eigenvalue weighted by Gasteiger charge is 2.22. The van der Waals surface area contributed by atoms with Crippen molar-refractivity contribution in [2.24, 2.45) is 5.84 Å². The summed E-state index contributed by atoms with van der Waals surface area (Å²) in [7, 11) is 0. The lowest BCUT2D eigenvalue weighted by Crippen LogP contribution is -2.20. The Bertz CT molecular complexity index is 3410. The van der Waals surface area contributed by atoms with E-state index in [1.807, 2.05) is 18.2 Å². The fourth-order valence-electron chi connectivity index (χ4n) is 5.75. The Labute approximate surface area is 497 Å². The first kappa shape index (κ1) is 67.8. The SMILES string of the molecule is C.CC(=O)c1ccco1.CCOC(=O)C(=O)CC(=O)c1ccco1.CCOC(=O)C(=O)OCC.NNc1ccc(Br)nc1.O=C(O)c1cc(-c2ccco2)nn1-c1ccc(Br)cn1.O=COc1cc(-c2ccco2)n(-c2ccc(Br)cn2)n1. The van der Waals surface area contributed by atoms with Crippen LogP contribution in [0.4, 0.5) is 5.69 Å². The molecule has 9 aromatic rings. The van der Waals surface area contributed by atoms with E-state index in [9.17, 15) is 43.5 Å². The molecule has 9 heterocycles. The number of aromatic nitrogens is 7. The van der Waals surface area contributed by atoms with Crippen LogP contribution in [0.5, 0.6) is 5.88 Å². The molecule has 0 saturated heterocycles. The Kier molecular flexibility index (Phi) is 29.4. The lowest BCUT2D eigenvalue weighted by atomic mass is 10.1. The highest BCUT2D eigenvalue weighted by molar-refractivity contribution is 9.11. The summed E-state index contributed by atoms with van der Waals surface area (Å²) in [6.45, 7) is 7.12. The van der Waals surface area contributed by atoms with Gasteiger partial charge in [0, 0.05) is 40.4 Å². The number of anilines is 1. The van der Waals surface area contributed by atoms with Crippen molar-refractivity contribution in [1.29, 1.82) is 0 Å². The summed E-state index contributed by atoms with van der Waals surface area (Å²) in [5.41, 5.74) is 4.38. The van der Waals surface area contributed by atoms with Gasteiger partial charge in [-0.05, 0) is 153 Å². The number of aromatic carboxylic acids is 1. The molecule has 0 aliphatic heterocycles. The zero-order chi connectivity index (χ0) is 60.0. The molecule has 0 fully saturated rings. The van der Waals surface area contributed by atoms with Gasteiger partial charge in [-0.25, -0.2) is 43.5 Å². The maximum atomic E-state index is 11.3. The molecule has 0 unspecified atom stereocenters. The number of carboxylic acids is 1. The van der Waals surface area contributed by atoms with Gasteiger partial charge in [-0.15, -0.1) is 5.10 Å². The molecule has 0 aliphatic rings. The molecule has 0 spiro atoms. The van der Waals surface area contributed by atoms with E-state index in [-0.39, 0.29) is 50.4 Å². The van der Waals surface area contributed by atoms with Crippen LogP contribution in [-0.2, 0) is 38.2 Å². The van der Waals surface area contributed by atoms with Gasteiger partial charge in [-0.3, -0.25) is 25.0 Å². The number of nitrogens with two attached hydrogens (primary N) is 1. The Morgan fingerprint density at radius 2 is 1.17 bits per heavy atom. The minimum absolute atomic E-state index is 0. The Balaban J connectivity index is 0.000000270. The van der Waals surface area contributed by atoms with Crippen molar-refractivity contribution in [2.45, 2.75) is 41.5 Å². The van der Waals surface area contributed by atoms with Crippen LogP contribution >= 0.6 is 47.8 Å². The van der Waals surface area contributed by atoms with Crippen molar-refractivity contribution in [3.63, 3.8) is 0 Å². The van der Waals surface area contributed by atoms with Gasteiger partial charge in [0.05, 0.1) is 63.2 Å². The summed E-state index contributed by atoms with van der Waals surface area (Å²) in [6.07, 6.45) is 10.2. The van der Waals surface area contributed by atoms with Crippen LogP contribution in [0.2, 0.25) is 0 Å². The molecule has 29 heteroatoms. The lowest BCUT2D eigenvalue weighted by molar-refractivity contribution is -0.167. The minimum atomic E-state index is -1.08. The van der Waals surface area contributed by atoms with E-state index in [1.165, 1.54) is 48.6 Å². The van der Waals surface area contributed by atoms with Crippen molar-refractivity contribution in [2.75, 3.05) is 25.2 Å². The molecule has 26 nitrogen and oxygen atoms in total. The third-order valence-electron chi connectivity index (χ3n) is 9.29. The first-order valence-electron chi connectivity index (χ1n) is 23.5. The summed E-state index contributed by atoms with van der Waals surface area (Å²) >= 11 is 9.80. The van der Waals surface area contributed by atoms with E-state index >= 15 is 0 Å². The largest absolute Gasteiger partial charge is 0.477 e. The summed E-state index contributed by atoms with van der Waals surface area (Å²) in [6, 6.07) is 27.1. The van der Waals surface area contributed by atoms with Gasteiger partial charge in [-0.2, -0.15) is 5.10 Å². The van der Waals surface area contributed by atoms with Crippen LogP contribution in [0.15, 0.2) is 172 Å². The summed E-state index contributed by atoms with van der Waals surface area (Å²) < 4.78 is 43.3. The highest BCUT2D eigenvalue weighted by Crippen LogP contribution is 2.27. The predicted molar refractivity (Wildman–Crippen MR) is 305 cm³/mol. The molecule has 0 bridgehead atoms. The van der Waals surface area contributed by atoms with Crippen molar-refractivity contribution < 1.29 is 80.1 Å². The van der Waals surface area contributed by atoms with Crippen molar-refractivity contribution in [1.82, 2.24) is 34.5 Å². The number of ketones is 3. The smallest absolute Gasteiger partial charge is 0.417 e. The Morgan fingerprint density at radius 1 is 0.639 bits per heavy atom. The number of carbonyl (C=O) groups is 8. The summed E-state index contributed by atoms with van der Waals surface area (Å²) in [4.78, 5) is 98.7. The number of rotatable bonds is 16. The molecule has 0 aliphatic carbocycles. The molecule has 0 amide bonds. The van der Waals surface area contributed by atoms with Crippen molar-refractivity contribution in [3.05, 3.63) is 171 Å². The molecule has 4 N–H and O–H groups in total. The van der Waals surface area contributed by atoms with Gasteiger partial charge >= 0.3 is 23.9 Å². The quantitative estimate of drug-likeness (QED) is 0.00931. The van der Waals surface area contributed by atoms with Crippen LogP contribution < -0.4 is 16.0 Å². The van der Waals surface area contributed by atoms with E-state index in [4.69, 9.17) is 28.2 Å². The molecule has 9 aromatic heterocycles. The van der Waals surface area contributed by atoms with Gasteiger partial charge < -0.3 is 47.1 Å². The molecule has 0 aromatic carbocycles. The molecule has 0 saturated carbocycles. The number of nitrogens with one attached hydrogen (secondary N) is 1. The number of esters is 3. The fraction of sp³-hybridized carbons (Fsp3) is 0.167. The van der Waals surface area contributed by atoms with E-state index in [1.54, 1.807) is 111 Å². The molecule has 0 radical (unpaired) electrons. The standard InChI is InChI=1S/2C13H8BrN3O3.C10H10O5.C6H10O4.C6H6O2.C5H6BrN3.CH4/c14-9-3-4-12(15-7-9)17-10(11-2-1-5-19-11)6-13(16-17)20-8-18;14-8-3-4-12(15-7-8)17-10(13(18)19)6-9(16-17)11-2-1-5-20-11;1-2-14-10(13)8(12)6-7(11)9-4-3-5-15-9;1-3-9-5(7)6(8)10-4-2;1-5(7)6-3-2-4-8-6;6-5-2-1-4(9-7)3-8-5;/h1-8H;1-7H,(H,18,19);3-5H,2,6H2,1H3;3-4H2,1-2H3;2-4H,1H3;1-3,9H,7H2;1H4. The first-order valence-corrected chi connectivity index (χ1v) is 25.9. The van der Waals surface area contributed by atoms with Gasteiger partial charge in [0.15, 0.2) is 46.2 Å². The average Bonchev–Trinajstić information content (AvgIpc) is 4.23. The fourth-order valence-corrected chi connectivity index (χ4v) is 6.46. The first-order chi connectivity index (χ1) is 39.4. The monoisotopic (exact) mass is 1340 g/mol. The number of Topliss-reactive ketones (excluding diaryl/α,β-unsaturated/α-hetero) is 3. The molecular weight excluding hydrogens is 1290 g/mol. The van der Waals surface area contributed by atoms with E-state index in [2.05, 4.69) is 92.6 Å². The molecule has 436 valence electrons. The second-order valence-electron chi connectivity index (χ2n) is 15.0. The number of pyridine rings is 3. The summed E-state index contributed by atoms with van der Waals surface area (Å²) in [5, 5.41) is 17.7. The van der Waals surface area contributed by atoms with Gasteiger partial charge in [0.25, 0.3) is 6.47 Å². The average molecular weight is 1340 g/mol. The lowest BCUT2D eigenvalue weighted by Gasteiger charge is -2.03. The maximum Gasteiger partial charge on any atom is 0.417 e. The number of nitrogens with zero attached hydrogens (tertiary/aromatic N) is 7. The number of carboxylic acid groups (broad SMARTS) is 1. The topological polar surface area (TPSA) is 359 Å². The van der Waals surface area contributed by atoms with E-state index < -0.39 is 41.9 Å². The van der Waals surface area contributed by atoms with Crippen LogP contribution in [0.25, 0.3) is 34.5 Å². The molecular formula is C54H52Br3N9O17. The number of halogens is 3. The van der Waals surface area contributed by atoms with Crippen molar-refractivity contribution >= 4 is 101 Å². The highest BCUT2D eigenvalue weighted by atomic mass is 79.9. The molecule has 9 rings (SSSR count). The zero-order valence-electron chi connectivity index (χ0n) is 43.5. The number of nitrogen functional groups attached to an aromatic ring is 1. The Hall–Kier alpha value is -9.45. The third-order valence-corrected chi connectivity index (χ3v) is 10.7. The number of carbonyl (C=O) groups excluding carboxylic acids is 7. The maximum absolute atomic E-state index is 11.3. The number of ether oxygens (including phenoxy) is 4. The second kappa shape index (κ2) is 36.0. The van der Waals surface area contributed by atoms with Crippen LogP contribution in [0.1, 0.15) is 73.1 Å². The number of hydrazine groups is 1. The minimum Gasteiger partial charge on any atom is -0.477 e. The van der Waals surface area contributed by atoms with E-state index in [0.29, 0.717) is 46.8 Å². The molecule has 83 heavy (non-hydrogen) atoms. The van der Waals surface area contributed by atoms with Gasteiger partial charge in [0.1, 0.15) is 16.0 Å². The van der Waals surface area contributed by atoms with E-state index in [0.717, 1.165) is 19.2 Å². The Morgan fingerprint density at radius 3 is 1.60 bits per heavy atom. The number of hydrogen-bond donors (Lipinski definition) is 3. The van der Waals surface area contributed by atoms with Crippen LogP contribution in [0.3, 0.4) is 0 Å². The zero-order valence-corrected chi connectivity index (χ0v) is 48.3. The normalized spacial score (nSPS) is 9.73. The van der Waals surface area contributed by atoms with Gasteiger partial charge in [-0.1, -0.05) is 7.43 Å². The second-order valence-corrected chi connectivity index (χ2v) is 17.6. The predicted octanol–water partition coefficient (Wildman–Crippen LogP) is 10.2. The number of furan rings is 4. The molecule has 0 atom stereocenters. The van der Waals surface area contributed by atoms with Gasteiger partial charge in [0.2, 0.25) is 17.4 Å². The van der Waals surface area contributed by atoms with Crippen LogP contribution in [0, 0.1) is 0 Å². The van der Waals surface area contributed by atoms with Crippen LogP contribution in [-0.4, -0.2) is 107 Å². The summed E-state index contributed by atoms with van der Waals surface area (Å²) in [5.74, 6) is 2.51. The third kappa shape index (κ3) is 22.5. The number of hydrogen-bond acceptors (Lipinski definition) is 23. The van der Waals surface area contributed by atoms with Crippen molar-refractivity contribution in [3.8, 4) is 40.4 Å².